The van der Waals surface area contributed by atoms with Crippen molar-refractivity contribution in [3.05, 3.63) is 59.4 Å². The summed E-state index contributed by atoms with van der Waals surface area (Å²) < 4.78 is 3.61. The second-order valence-electron chi connectivity index (χ2n) is 7.06. The van der Waals surface area contributed by atoms with E-state index in [0.717, 1.165) is 34.0 Å². The van der Waals surface area contributed by atoms with Crippen LogP contribution >= 0.6 is 0 Å². The molecule has 0 aliphatic heterocycles. The molecule has 1 amide bonds. The largest absolute Gasteiger partial charge is 0.318 e. The van der Waals surface area contributed by atoms with Crippen LogP contribution in [0.1, 0.15) is 29.2 Å². The number of carbonyl (C=O) groups excluding carboxylic acids is 1. The van der Waals surface area contributed by atoms with E-state index in [2.05, 4.69) is 25.4 Å². The van der Waals surface area contributed by atoms with Crippen LogP contribution in [0, 0.1) is 20.8 Å². The Kier molecular flexibility index (Phi) is 4.84. The first-order chi connectivity index (χ1) is 14.0. The molecule has 0 saturated heterocycles. The summed E-state index contributed by atoms with van der Waals surface area (Å²) in [5.74, 6) is 2.05. The minimum absolute atomic E-state index is 0.0670. The van der Waals surface area contributed by atoms with E-state index in [4.69, 9.17) is 0 Å². The molecule has 8 nitrogen and oxygen atoms in total. The molecular formula is C21H23N7O. The second-order valence-corrected chi connectivity index (χ2v) is 7.06. The van der Waals surface area contributed by atoms with Crippen LogP contribution in [0.2, 0.25) is 0 Å². The molecule has 4 rings (SSSR count). The lowest BCUT2D eigenvalue weighted by Gasteiger charge is -2.12. The number of benzene rings is 1. The van der Waals surface area contributed by atoms with Gasteiger partial charge in [-0.05, 0) is 32.8 Å². The highest BCUT2D eigenvalue weighted by atomic mass is 16.1. The van der Waals surface area contributed by atoms with Gasteiger partial charge in [0, 0.05) is 30.4 Å². The molecule has 148 valence electrons. The van der Waals surface area contributed by atoms with Gasteiger partial charge in [0.2, 0.25) is 5.91 Å². The molecule has 3 aromatic heterocycles. The SMILES string of the molecule is Cc1nc2ncnn2c(C)c1CCC(=O)Nc1c(-c2ccccc2)nc(C)n1C. The van der Waals surface area contributed by atoms with Gasteiger partial charge in [-0.1, -0.05) is 30.3 Å². The van der Waals surface area contributed by atoms with Crippen LogP contribution in [0.3, 0.4) is 0 Å². The van der Waals surface area contributed by atoms with E-state index in [-0.39, 0.29) is 5.91 Å². The lowest BCUT2D eigenvalue weighted by atomic mass is 10.1. The molecule has 3 heterocycles. The van der Waals surface area contributed by atoms with E-state index in [1.165, 1.54) is 6.33 Å². The van der Waals surface area contributed by atoms with Crippen molar-refractivity contribution >= 4 is 17.5 Å². The summed E-state index contributed by atoms with van der Waals surface area (Å²) >= 11 is 0. The van der Waals surface area contributed by atoms with Crippen molar-refractivity contribution in [3.63, 3.8) is 0 Å². The first-order valence-corrected chi connectivity index (χ1v) is 9.50. The fourth-order valence-corrected chi connectivity index (χ4v) is 3.50. The maximum absolute atomic E-state index is 12.8. The zero-order valence-corrected chi connectivity index (χ0v) is 17.0. The highest BCUT2D eigenvalue weighted by Crippen LogP contribution is 2.28. The first kappa shape index (κ1) is 18.8. The summed E-state index contributed by atoms with van der Waals surface area (Å²) in [5, 5.41) is 7.25. The number of imidazole rings is 1. The van der Waals surface area contributed by atoms with Gasteiger partial charge in [-0.3, -0.25) is 4.79 Å². The zero-order valence-electron chi connectivity index (χ0n) is 17.0. The number of anilines is 1. The van der Waals surface area contributed by atoms with Gasteiger partial charge in [0.05, 0.1) is 0 Å². The predicted molar refractivity (Wildman–Crippen MR) is 111 cm³/mol. The number of rotatable bonds is 5. The Morgan fingerprint density at radius 3 is 2.62 bits per heavy atom. The Balaban J connectivity index is 1.54. The quantitative estimate of drug-likeness (QED) is 0.567. The van der Waals surface area contributed by atoms with Crippen LogP contribution in [0.5, 0.6) is 0 Å². The van der Waals surface area contributed by atoms with Crippen LogP contribution in [0.15, 0.2) is 36.7 Å². The van der Waals surface area contributed by atoms with E-state index in [1.807, 2.05) is 62.7 Å². The summed E-state index contributed by atoms with van der Waals surface area (Å²) in [7, 11) is 1.90. The number of aryl methyl sites for hydroxylation is 3. The Hall–Kier alpha value is -3.55. The average molecular weight is 389 g/mol. The molecule has 0 radical (unpaired) electrons. The summed E-state index contributed by atoms with van der Waals surface area (Å²) in [6, 6.07) is 9.86. The predicted octanol–water partition coefficient (Wildman–Crippen LogP) is 3.02. The van der Waals surface area contributed by atoms with Gasteiger partial charge in [-0.15, -0.1) is 0 Å². The Labute approximate surface area is 168 Å². The number of fused-ring (bicyclic) bond motifs is 1. The average Bonchev–Trinajstić information content (AvgIpc) is 3.28. The van der Waals surface area contributed by atoms with Gasteiger partial charge in [-0.2, -0.15) is 10.1 Å². The molecule has 1 aromatic carbocycles. The summed E-state index contributed by atoms with van der Waals surface area (Å²) in [4.78, 5) is 26.0. The van der Waals surface area contributed by atoms with E-state index >= 15 is 0 Å². The number of aromatic nitrogens is 6. The standard InChI is InChI=1S/C21H23N7O/c1-13-17(14(2)28-21(24-13)22-12-23-28)10-11-18(29)26-20-19(25-15(3)27(20)4)16-8-6-5-7-9-16/h5-9,12H,10-11H2,1-4H3,(H,26,29). The minimum Gasteiger partial charge on any atom is -0.318 e. The zero-order chi connectivity index (χ0) is 20.5. The minimum atomic E-state index is -0.0670. The molecule has 4 aromatic rings. The van der Waals surface area contributed by atoms with Crippen molar-refractivity contribution in [1.82, 2.24) is 29.1 Å². The molecule has 0 aliphatic carbocycles. The van der Waals surface area contributed by atoms with E-state index in [0.29, 0.717) is 24.4 Å². The molecule has 0 unspecified atom stereocenters. The number of nitrogens with one attached hydrogen (secondary N) is 1. The molecule has 0 spiro atoms. The third-order valence-corrected chi connectivity index (χ3v) is 5.21. The monoisotopic (exact) mass is 389 g/mol. The van der Waals surface area contributed by atoms with Crippen LogP contribution in [-0.2, 0) is 18.3 Å². The third-order valence-electron chi connectivity index (χ3n) is 5.21. The fourth-order valence-electron chi connectivity index (χ4n) is 3.50. The molecule has 0 fully saturated rings. The number of carbonyl (C=O) groups is 1. The van der Waals surface area contributed by atoms with Crippen molar-refractivity contribution < 1.29 is 4.79 Å². The Morgan fingerprint density at radius 1 is 1.10 bits per heavy atom. The molecule has 0 aliphatic rings. The van der Waals surface area contributed by atoms with Crippen LogP contribution in [-0.4, -0.2) is 35.0 Å². The second kappa shape index (κ2) is 7.46. The van der Waals surface area contributed by atoms with Crippen molar-refractivity contribution in [3.8, 4) is 11.3 Å². The summed E-state index contributed by atoms with van der Waals surface area (Å²) in [6.07, 6.45) is 2.40. The topological polar surface area (TPSA) is 90.0 Å². The Morgan fingerprint density at radius 2 is 1.86 bits per heavy atom. The molecule has 0 saturated carbocycles. The summed E-state index contributed by atoms with van der Waals surface area (Å²) in [6.45, 7) is 5.84. The van der Waals surface area contributed by atoms with Crippen molar-refractivity contribution in [2.45, 2.75) is 33.6 Å². The Bertz CT molecular complexity index is 1190. The number of amides is 1. The highest BCUT2D eigenvalue weighted by Gasteiger charge is 2.18. The molecule has 1 N–H and O–H groups in total. The van der Waals surface area contributed by atoms with Crippen molar-refractivity contribution in [2.24, 2.45) is 7.05 Å². The molecule has 29 heavy (non-hydrogen) atoms. The molecule has 0 atom stereocenters. The summed E-state index contributed by atoms with van der Waals surface area (Å²) in [5.41, 5.74) is 4.59. The number of hydrogen-bond donors (Lipinski definition) is 1. The van der Waals surface area contributed by atoms with E-state index < -0.39 is 0 Å². The van der Waals surface area contributed by atoms with Gasteiger partial charge in [0.15, 0.2) is 0 Å². The van der Waals surface area contributed by atoms with Crippen molar-refractivity contribution in [2.75, 3.05) is 5.32 Å². The fraction of sp³-hybridized carbons (Fsp3) is 0.286. The van der Waals surface area contributed by atoms with Crippen molar-refractivity contribution in [1.29, 1.82) is 0 Å². The number of hydrogen-bond acceptors (Lipinski definition) is 5. The lowest BCUT2D eigenvalue weighted by Crippen LogP contribution is -2.16. The van der Waals surface area contributed by atoms with Gasteiger partial charge < -0.3 is 9.88 Å². The van der Waals surface area contributed by atoms with Crippen LogP contribution in [0.4, 0.5) is 5.82 Å². The van der Waals surface area contributed by atoms with Crippen LogP contribution in [0.25, 0.3) is 17.0 Å². The molecule has 8 heteroatoms. The van der Waals surface area contributed by atoms with Crippen LogP contribution < -0.4 is 5.32 Å². The molecular weight excluding hydrogens is 366 g/mol. The smallest absolute Gasteiger partial charge is 0.252 e. The van der Waals surface area contributed by atoms with Gasteiger partial charge in [0.25, 0.3) is 5.78 Å². The normalized spacial score (nSPS) is 11.2. The molecule has 0 bridgehead atoms. The van der Waals surface area contributed by atoms with Gasteiger partial charge in [0.1, 0.15) is 23.7 Å². The van der Waals surface area contributed by atoms with E-state index in [1.54, 1.807) is 4.52 Å². The van der Waals surface area contributed by atoms with Gasteiger partial charge >= 0.3 is 0 Å². The third kappa shape index (κ3) is 3.49. The van der Waals surface area contributed by atoms with Gasteiger partial charge in [-0.25, -0.2) is 14.5 Å². The lowest BCUT2D eigenvalue weighted by molar-refractivity contribution is -0.116. The highest BCUT2D eigenvalue weighted by molar-refractivity contribution is 5.93. The maximum Gasteiger partial charge on any atom is 0.252 e. The number of nitrogens with zero attached hydrogens (tertiary/aromatic N) is 6. The maximum atomic E-state index is 12.8. The van der Waals surface area contributed by atoms with E-state index in [9.17, 15) is 4.79 Å². The first-order valence-electron chi connectivity index (χ1n) is 9.50.